The lowest BCUT2D eigenvalue weighted by molar-refractivity contribution is -0.139. The van der Waals surface area contributed by atoms with E-state index in [0.717, 1.165) is 16.8 Å². The zero-order chi connectivity index (χ0) is 19.1. The molecular formula is C21H22FN3O2. The van der Waals surface area contributed by atoms with Crippen molar-refractivity contribution >= 4 is 17.5 Å². The molecule has 0 spiro atoms. The molecule has 2 amide bonds. The van der Waals surface area contributed by atoms with Gasteiger partial charge in [0.1, 0.15) is 12.4 Å². The van der Waals surface area contributed by atoms with Crippen molar-refractivity contribution in [1.82, 2.24) is 9.80 Å². The van der Waals surface area contributed by atoms with E-state index in [1.807, 2.05) is 42.1 Å². The molecule has 0 bridgehead atoms. The molecular weight excluding hydrogens is 345 g/mol. The molecule has 0 N–H and O–H groups in total. The molecule has 5 nitrogen and oxygen atoms in total. The minimum atomic E-state index is -0.266. The number of carbonyl (C=O) groups is 2. The Morgan fingerprint density at radius 3 is 2.78 bits per heavy atom. The predicted octanol–water partition coefficient (Wildman–Crippen LogP) is 2.47. The van der Waals surface area contributed by atoms with Gasteiger partial charge in [-0.15, -0.1) is 0 Å². The van der Waals surface area contributed by atoms with Crippen LogP contribution >= 0.6 is 0 Å². The van der Waals surface area contributed by atoms with Gasteiger partial charge in [0.2, 0.25) is 5.91 Å². The molecule has 2 aromatic carbocycles. The first-order valence-electron chi connectivity index (χ1n) is 9.08. The molecule has 0 saturated carbocycles. The highest BCUT2D eigenvalue weighted by molar-refractivity contribution is 5.98. The lowest BCUT2D eigenvalue weighted by atomic mass is 9.90. The van der Waals surface area contributed by atoms with Crippen LogP contribution in [0.3, 0.4) is 0 Å². The van der Waals surface area contributed by atoms with Crippen molar-refractivity contribution in [3.8, 4) is 0 Å². The van der Waals surface area contributed by atoms with Crippen molar-refractivity contribution in [3.05, 3.63) is 65.0 Å². The highest BCUT2D eigenvalue weighted by atomic mass is 19.1. The number of carbonyl (C=O) groups excluding carboxylic acids is 2. The van der Waals surface area contributed by atoms with Crippen LogP contribution in [0.15, 0.2) is 42.5 Å². The van der Waals surface area contributed by atoms with Gasteiger partial charge < -0.3 is 14.7 Å². The van der Waals surface area contributed by atoms with E-state index in [1.54, 1.807) is 23.1 Å². The molecule has 6 heteroatoms. The fourth-order valence-electron chi connectivity index (χ4n) is 3.96. The topological polar surface area (TPSA) is 43.9 Å². The van der Waals surface area contributed by atoms with Gasteiger partial charge in [-0.1, -0.05) is 12.1 Å². The second-order valence-corrected chi connectivity index (χ2v) is 7.33. The fraction of sp³-hybridized carbons (Fsp3) is 0.333. The van der Waals surface area contributed by atoms with E-state index >= 15 is 0 Å². The lowest BCUT2D eigenvalue weighted by Gasteiger charge is -2.44. The molecule has 0 radical (unpaired) electrons. The van der Waals surface area contributed by atoms with Gasteiger partial charge in [-0.3, -0.25) is 9.59 Å². The molecule has 2 aliphatic rings. The Morgan fingerprint density at radius 2 is 2.00 bits per heavy atom. The summed E-state index contributed by atoms with van der Waals surface area (Å²) in [6.45, 7) is 1.07. The molecule has 27 heavy (non-hydrogen) atoms. The molecule has 2 aromatic rings. The van der Waals surface area contributed by atoms with E-state index < -0.39 is 0 Å². The van der Waals surface area contributed by atoms with Crippen molar-refractivity contribution in [2.45, 2.75) is 12.5 Å². The molecule has 4 rings (SSSR count). The van der Waals surface area contributed by atoms with Crippen molar-refractivity contribution in [1.29, 1.82) is 0 Å². The molecule has 2 heterocycles. The SMILES string of the molecule is CN(C)c1cccc(C(=O)N2CC(=O)N3CCc4cc(F)ccc4C3C2)c1. The number of anilines is 1. The number of fused-ring (bicyclic) bond motifs is 3. The highest BCUT2D eigenvalue weighted by Gasteiger charge is 2.38. The fourth-order valence-corrected chi connectivity index (χ4v) is 3.96. The Bertz CT molecular complexity index is 912. The van der Waals surface area contributed by atoms with Crippen molar-refractivity contribution in [3.63, 3.8) is 0 Å². The smallest absolute Gasteiger partial charge is 0.254 e. The lowest BCUT2D eigenvalue weighted by Crippen LogP contribution is -2.55. The molecule has 1 saturated heterocycles. The average Bonchev–Trinajstić information content (AvgIpc) is 2.66. The first kappa shape index (κ1) is 17.5. The average molecular weight is 367 g/mol. The number of hydrogen-bond donors (Lipinski definition) is 0. The number of piperazine rings is 1. The van der Waals surface area contributed by atoms with Crippen LogP contribution in [0.5, 0.6) is 0 Å². The number of nitrogens with zero attached hydrogens (tertiary/aromatic N) is 3. The van der Waals surface area contributed by atoms with Gasteiger partial charge in [-0.05, 0) is 47.9 Å². The number of hydrogen-bond acceptors (Lipinski definition) is 3. The zero-order valence-electron chi connectivity index (χ0n) is 15.5. The van der Waals surface area contributed by atoms with Crippen LogP contribution in [0.1, 0.15) is 27.5 Å². The Labute approximate surface area is 158 Å². The van der Waals surface area contributed by atoms with Crippen LogP contribution in [0, 0.1) is 5.82 Å². The van der Waals surface area contributed by atoms with Gasteiger partial charge in [-0.2, -0.15) is 0 Å². The summed E-state index contributed by atoms with van der Waals surface area (Å²) in [5, 5.41) is 0. The van der Waals surface area contributed by atoms with E-state index in [0.29, 0.717) is 25.1 Å². The summed E-state index contributed by atoms with van der Waals surface area (Å²) in [6, 6.07) is 11.9. The second-order valence-electron chi connectivity index (χ2n) is 7.33. The Kier molecular flexibility index (Phi) is 4.34. The van der Waals surface area contributed by atoms with Crippen molar-refractivity contribution in [2.75, 3.05) is 38.6 Å². The van der Waals surface area contributed by atoms with E-state index in [4.69, 9.17) is 0 Å². The van der Waals surface area contributed by atoms with Gasteiger partial charge in [0, 0.05) is 38.4 Å². The largest absolute Gasteiger partial charge is 0.378 e. The summed E-state index contributed by atoms with van der Waals surface area (Å²) in [6.07, 6.45) is 0.647. The van der Waals surface area contributed by atoms with Crippen LogP contribution in [-0.2, 0) is 11.2 Å². The van der Waals surface area contributed by atoms with Crippen LogP contribution in [0.2, 0.25) is 0 Å². The third-order valence-electron chi connectivity index (χ3n) is 5.40. The van der Waals surface area contributed by atoms with E-state index in [9.17, 15) is 14.0 Å². The second kappa shape index (κ2) is 6.68. The highest BCUT2D eigenvalue weighted by Crippen LogP contribution is 2.34. The summed E-state index contributed by atoms with van der Waals surface area (Å²) < 4.78 is 13.6. The zero-order valence-corrected chi connectivity index (χ0v) is 15.5. The maximum atomic E-state index is 13.6. The molecule has 1 unspecified atom stereocenters. The van der Waals surface area contributed by atoms with Crippen LogP contribution in [0.4, 0.5) is 10.1 Å². The molecule has 2 aliphatic heterocycles. The standard InChI is InChI=1S/C21H22FN3O2/c1-23(2)17-5-3-4-15(11-17)21(27)24-12-19-18-7-6-16(22)10-14(18)8-9-25(19)20(26)13-24/h3-7,10-11,19H,8-9,12-13H2,1-2H3. The first-order valence-corrected chi connectivity index (χ1v) is 9.08. The predicted molar refractivity (Wildman–Crippen MR) is 101 cm³/mol. The molecule has 140 valence electrons. The van der Waals surface area contributed by atoms with Crippen molar-refractivity contribution in [2.24, 2.45) is 0 Å². The maximum absolute atomic E-state index is 13.6. The van der Waals surface area contributed by atoms with Crippen LogP contribution < -0.4 is 4.90 Å². The number of amides is 2. The number of halogens is 1. The van der Waals surface area contributed by atoms with Gasteiger partial charge in [-0.25, -0.2) is 4.39 Å². The summed E-state index contributed by atoms with van der Waals surface area (Å²) >= 11 is 0. The minimum Gasteiger partial charge on any atom is -0.378 e. The van der Waals surface area contributed by atoms with Crippen molar-refractivity contribution < 1.29 is 14.0 Å². The Balaban J connectivity index is 1.63. The Morgan fingerprint density at radius 1 is 1.19 bits per heavy atom. The van der Waals surface area contributed by atoms with Gasteiger partial charge >= 0.3 is 0 Å². The number of rotatable bonds is 2. The third-order valence-corrected chi connectivity index (χ3v) is 5.40. The van der Waals surface area contributed by atoms with Gasteiger partial charge in [0.05, 0.1) is 6.04 Å². The molecule has 1 atom stereocenters. The summed E-state index contributed by atoms with van der Waals surface area (Å²) in [4.78, 5) is 31.1. The monoisotopic (exact) mass is 367 g/mol. The summed E-state index contributed by atoms with van der Waals surface area (Å²) in [7, 11) is 3.84. The first-order chi connectivity index (χ1) is 12.9. The summed E-state index contributed by atoms with van der Waals surface area (Å²) in [5.74, 6) is -0.475. The number of benzene rings is 2. The quantitative estimate of drug-likeness (QED) is 0.819. The van der Waals surface area contributed by atoms with Crippen LogP contribution in [-0.4, -0.2) is 55.3 Å². The van der Waals surface area contributed by atoms with Crippen LogP contribution in [0.25, 0.3) is 0 Å². The molecule has 0 aliphatic carbocycles. The van der Waals surface area contributed by atoms with Gasteiger partial charge in [0.15, 0.2) is 0 Å². The third kappa shape index (κ3) is 3.16. The molecule has 1 fully saturated rings. The normalized spacial score (nSPS) is 18.8. The van der Waals surface area contributed by atoms with E-state index in [2.05, 4.69) is 0 Å². The summed E-state index contributed by atoms with van der Waals surface area (Å²) in [5.41, 5.74) is 3.37. The maximum Gasteiger partial charge on any atom is 0.254 e. The van der Waals surface area contributed by atoms with Gasteiger partial charge in [0.25, 0.3) is 5.91 Å². The Hall–Kier alpha value is -2.89. The minimum absolute atomic E-state index is 0.0571. The van der Waals surface area contributed by atoms with E-state index in [1.165, 1.54) is 6.07 Å². The van der Waals surface area contributed by atoms with E-state index in [-0.39, 0.29) is 30.2 Å². The molecule has 0 aromatic heterocycles.